The molecule has 0 aliphatic rings. The molecule has 0 aliphatic carbocycles. The van der Waals surface area contributed by atoms with Crippen LogP contribution in [0.2, 0.25) is 0 Å². The molecule has 0 fully saturated rings. The van der Waals surface area contributed by atoms with Crippen LogP contribution in [0, 0.1) is 0 Å². The fraction of sp³-hybridized carbons (Fsp3) is 1.00. The molecule has 0 heterocycles. The Morgan fingerprint density at radius 3 is 2.00 bits per heavy atom. The summed E-state index contributed by atoms with van der Waals surface area (Å²) in [6, 6.07) is 0. The number of aliphatic hydroxyl groups excluding tert-OH is 1. The first-order chi connectivity index (χ1) is 3.27. The third-order valence-electron chi connectivity index (χ3n) is 0.816. The number of hydrogen-bond donors (Lipinski definition) is 2. The zero-order chi connectivity index (χ0) is 5.70. The summed E-state index contributed by atoms with van der Waals surface area (Å²) < 4.78 is 0. The van der Waals surface area contributed by atoms with E-state index < -0.39 is 6.29 Å². The van der Waals surface area contributed by atoms with Crippen molar-refractivity contribution in [3.8, 4) is 0 Å². The molecule has 0 spiro atoms. The van der Waals surface area contributed by atoms with Gasteiger partial charge in [0.1, 0.15) is 0 Å². The first-order valence-electron chi connectivity index (χ1n) is 2.63. The Morgan fingerprint density at radius 2 is 1.88 bits per heavy atom. The molecule has 0 aromatic heterocycles. The molecular weight excluding hydrogens is 115 g/mol. The number of aliphatic hydroxyl groups is 2. The molecule has 0 aromatic rings. The summed E-state index contributed by atoms with van der Waals surface area (Å²) in [6.07, 6.45) is 1.34. The van der Waals surface area contributed by atoms with E-state index in [1.807, 2.05) is 6.92 Å². The predicted molar refractivity (Wildman–Crippen MR) is 33.5 cm³/mol. The minimum absolute atomic E-state index is 0. The van der Waals surface area contributed by atoms with E-state index in [9.17, 15) is 0 Å². The van der Waals surface area contributed by atoms with Gasteiger partial charge in [0, 0.05) is 29.6 Å². The predicted octanol–water partition coefficient (Wildman–Crippen LogP) is 0.106. The van der Waals surface area contributed by atoms with E-state index in [-0.39, 0.29) is 29.6 Å². The first kappa shape index (κ1) is 11.7. The van der Waals surface area contributed by atoms with Gasteiger partial charge in [-0.15, -0.1) is 0 Å². The minimum atomic E-state index is -1.10. The normalized spacial score (nSPS) is 9.00. The van der Waals surface area contributed by atoms with Gasteiger partial charge in [-0.2, -0.15) is 0 Å². The molecule has 3 heteroatoms. The third-order valence-corrected chi connectivity index (χ3v) is 0.816. The number of hydrogen-bond acceptors (Lipinski definition) is 2. The maximum Gasteiger partial charge on any atom is 0.151 e. The van der Waals surface area contributed by atoms with Crippen LogP contribution in [0.1, 0.15) is 26.2 Å². The van der Waals surface area contributed by atoms with Crippen LogP contribution in [0.25, 0.3) is 0 Å². The number of unbranched alkanes of at least 4 members (excludes halogenated alkanes) is 1. The van der Waals surface area contributed by atoms with Crippen LogP contribution in [-0.4, -0.2) is 46.1 Å². The van der Waals surface area contributed by atoms with Crippen molar-refractivity contribution in [3.05, 3.63) is 0 Å². The molecular formula is C5H12NaO2. The van der Waals surface area contributed by atoms with Crippen LogP contribution < -0.4 is 0 Å². The van der Waals surface area contributed by atoms with Gasteiger partial charge in [-0.3, -0.25) is 0 Å². The van der Waals surface area contributed by atoms with E-state index in [4.69, 9.17) is 10.2 Å². The van der Waals surface area contributed by atoms with Crippen LogP contribution in [-0.2, 0) is 0 Å². The maximum atomic E-state index is 8.24. The second-order valence-corrected chi connectivity index (χ2v) is 1.62. The van der Waals surface area contributed by atoms with Gasteiger partial charge in [-0.25, -0.2) is 0 Å². The van der Waals surface area contributed by atoms with Gasteiger partial charge in [0.25, 0.3) is 0 Å². The van der Waals surface area contributed by atoms with Gasteiger partial charge in [0.05, 0.1) is 0 Å². The van der Waals surface area contributed by atoms with Crippen molar-refractivity contribution in [1.29, 1.82) is 0 Å². The summed E-state index contributed by atoms with van der Waals surface area (Å²) >= 11 is 0. The summed E-state index contributed by atoms with van der Waals surface area (Å²) in [5.74, 6) is 0. The van der Waals surface area contributed by atoms with Gasteiger partial charge >= 0.3 is 0 Å². The molecule has 0 aliphatic heterocycles. The molecule has 45 valence electrons. The van der Waals surface area contributed by atoms with Crippen LogP contribution in [0.3, 0.4) is 0 Å². The summed E-state index contributed by atoms with van der Waals surface area (Å²) in [7, 11) is 0. The molecule has 2 nitrogen and oxygen atoms in total. The number of rotatable bonds is 3. The topological polar surface area (TPSA) is 40.5 Å². The molecule has 0 saturated carbocycles. The van der Waals surface area contributed by atoms with Gasteiger partial charge < -0.3 is 10.2 Å². The van der Waals surface area contributed by atoms with E-state index >= 15 is 0 Å². The van der Waals surface area contributed by atoms with Gasteiger partial charge in [0.2, 0.25) is 0 Å². The molecule has 0 aromatic carbocycles. The van der Waals surface area contributed by atoms with Crippen LogP contribution in [0.4, 0.5) is 0 Å². The van der Waals surface area contributed by atoms with Crippen LogP contribution in [0.15, 0.2) is 0 Å². The fourth-order valence-corrected chi connectivity index (χ4v) is 0.387. The SMILES string of the molecule is CCCCC(O)O.[Na]. The van der Waals surface area contributed by atoms with E-state index in [1.165, 1.54) is 0 Å². The average Bonchev–Trinajstić information content (AvgIpc) is 1.61. The van der Waals surface area contributed by atoms with Crippen molar-refractivity contribution in [1.82, 2.24) is 0 Å². The van der Waals surface area contributed by atoms with Crippen molar-refractivity contribution in [2.75, 3.05) is 0 Å². The van der Waals surface area contributed by atoms with Crippen molar-refractivity contribution in [2.24, 2.45) is 0 Å². The summed E-state index contributed by atoms with van der Waals surface area (Å²) in [4.78, 5) is 0. The van der Waals surface area contributed by atoms with Gasteiger partial charge in [0.15, 0.2) is 6.29 Å². The standard InChI is InChI=1S/C5H12O2.Na/c1-2-3-4-5(6)7;/h5-7H,2-4H2,1H3;. The minimum Gasteiger partial charge on any atom is -0.368 e. The Hall–Kier alpha value is 0.920. The second-order valence-electron chi connectivity index (χ2n) is 1.62. The summed E-state index contributed by atoms with van der Waals surface area (Å²) in [6.45, 7) is 2.02. The molecule has 0 rings (SSSR count). The van der Waals surface area contributed by atoms with E-state index in [2.05, 4.69) is 0 Å². The van der Waals surface area contributed by atoms with Crippen molar-refractivity contribution in [3.63, 3.8) is 0 Å². The molecule has 2 N–H and O–H groups in total. The van der Waals surface area contributed by atoms with Crippen molar-refractivity contribution in [2.45, 2.75) is 32.5 Å². The Balaban J connectivity index is 0. The fourth-order valence-electron chi connectivity index (χ4n) is 0.387. The average molecular weight is 127 g/mol. The Morgan fingerprint density at radius 1 is 1.38 bits per heavy atom. The molecule has 0 unspecified atom stereocenters. The van der Waals surface area contributed by atoms with E-state index in [0.29, 0.717) is 6.42 Å². The monoisotopic (exact) mass is 127 g/mol. The molecule has 0 amide bonds. The van der Waals surface area contributed by atoms with Gasteiger partial charge in [-0.1, -0.05) is 13.3 Å². The van der Waals surface area contributed by atoms with Crippen molar-refractivity contribution < 1.29 is 10.2 Å². The van der Waals surface area contributed by atoms with Gasteiger partial charge in [-0.05, 0) is 12.8 Å². The zero-order valence-electron chi connectivity index (χ0n) is 5.59. The van der Waals surface area contributed by atoms with Crippen LogP contribution >= 0.6 is 0 Å². The first-order valence-corrected chi connectivity index (χ1v) is 2.63. The van der Waals surface area contributed by atoms with Crippen molar-refractivity contribution >= 4 is 29.6 Å². The second kappa shape index (κ2) is 7.92. The summed E-state index contributed by atoms with van der Waals surface area (Å²) in [5.41, 5.74) is 0. The third kappa shape index (κ3) is 10.0. The zero-order valence-corrected chi connectivity index (χ0v) is 7.59. The van der Waals surface area contributed by atoms with E-state index in [1.54, 1.807) is 0 Å². The Kier molecular flexibility index (Phi) is 11.6. The molecule has 0 atom stereocenters. The Bertz CT molecular complexity index is 39.4. The van der Waals surface area contributed by atoms with E-state index in [0.717, 1.165) is 12.8 Å². The molecule has 8 heavy (non-hydrogen) atoms. The maximum absolute atomic E-state index is 8.24. The quantitative estimate of drug-likeness (QED) is 0.417. The summed E-state index contributed by atoms with van der Waals surface area (Å²) in [5, 5.41) is 16.5. The largest absolute Gasteiger partial charge is 0.368 e. The molecule has 0 bridgehead atoms. The molecule has 0 saturated heterocycles. The Labute approximate surface area is 72.2 Å². The smallest absolute Gasteiger partial charge is 0.151 e. The molecule has 1 radical (unpaired) electrons. The van der Waals surface area contributed by atoms with Crippen LogP contribution in [0.5, 0.6) is 0 Å².